The fourth-order valence-corrected chi connectivity index (χ4v) is 2.13. The molecule has 0 atom stereocenters. The molecule has 0 radical (unpaired) electrons. The fourth-order valence-electron chi connectivity index (χ4n) is 2.13. The quantitative estimate of drug-likeness (QED) is 0.564. The summed E-state index contributed by atoms with van der Waals surface area (Å²) in [5, 5.41) is 3.48. The first-order valence-electron chi connectivity index (χ1n) is 5.37. The molecule has 0 aromatic carbocycles. The molecule has 1 saturated carbocycles. The van der Waals surface area contributed by atoms with Crippen molar-refractivity contribution in [2.45, 2.75) is 46.0 Å². The number of hydrogen-bond donors (Lipinski definition) is 1. The van der Waals surface area contributed by atoms with Crippen LogP contribution >= 0.6 is 0 Å². The normalized spacial score (nSPS) is 23.2. The van der Waals surface area contributed by atoms with Gasteiger partial charge in [-0.25, -0.2) is 0 Å². The zero-order valence-electron chi connectivity index (χ0n) is 8.95. The Balaban J connectivity index is 0.000000184. The van der Waals surface area contributed by atoms with Crippen molar-refractivity contribution in [3.05, 3.63) is 0 Å². The molecular weight excluding hydrogens is 158 g/mol. The van der Waals surface area contributed by atoms with Crippen molar-refractivity contribution < 1.29 is 0 Å². The topological polar surface area (TPSA) is 12.0 Å². The smallest absolute Gasteiger partial charge is 0.000781 e. The summed E-state index contributed by atoms with van der Waals surface area (Å²) in [5.74, 6) is 5.36. The highest BCUT2D eigenvalue weighted by Gasteiger charge is 2.37. The Morgan fingerprint density at radius 1 is 1.00 bits per heavy atom. The van der Waals surface area contributed by atoms with E-state index in [0.29, 0.717) is 0 Å². The van der Waals surface area contributed by atoms with Crippen LogP contribution in [0.4, 0.5) is 0 Å². The van der Waals surface area contributed by atoms with Crippen LogP contribution in [-0.2, 0) is 0 Å². The van der Waals surface area contributed by atoms with Gasteiger partial charge >= 0.3 is 0 Å². The van der Waals surface area contributed by atoms with Gasteiger partial charge in [0.05, 0.1) is 0 Å². The SMILES string of the molecule is C1CNCC2(C1)CCC2.CC#CC. The van der Waals surface area contributed by atoms with Crippen LogP contribution in [-0.4, -0.2) is 13.1 Å². The Labute approximate surface area is 82.3 Å². The Morgan fingerprint density at radius 2 is 1.62 bits per heavy atom. The lowest BCUT2D eigenvalue weighted by molar-refractivity contribution is 0.0935. The van der Waals surface area contributed by atoms with Crippen molar-refractivity contribution >= 4 is 0 Å². The molecule has 0 unspecified atom stereocenters. The van der Waals surface area contributed by atoms with E-state index in [9.17, 15) is 0 Å². The Hall–Kier alpha value is -0.480. The molecule has 1 heterocycles. The molecule has 74 valence electrons. The second kappa shape index (κ2) is 5.29. The molecule has 0 bridgehead atoms. The van der Waals surface area contributed by atoms with E-state index in [1.807, 2.05) is 13.8 Å². The average Bonchev–Trinajstić information content (AvgIpc) is 2.17. The van der Waals surface area contributed by atoms with Gasteiger partial charge in [-0.3, -0.25) is 0 Å². The van der Waals surface area contributed by atoms with E-state index in [0.717, 1.165) is 5.41 Å². The van der Waals surface area contributed by atoms with E-state index in [2.05, 4.69) is 17.2 Å². The van der Waals surface area contributed by atoms with Gasteiger partial charge in [-0.05, 0) is 51.5 Å². The van der Waals surface area contributed by atoms with Crippen LogP contribution in [0.15, 0.2) is 0 Å². The molecule has 1 nitrogen and oxygen atoms in total. The third-order valence-corrected chi connectivity index (χ3v) is 3.22. The lowest BCUT2D eigenvalue weighted by Crippen LogP contribution is -2.44. The van der Waals surface area contributed by atoms with E-state index in [1.54, 1.807) is 0 Å². The maximum atomic E-state index is 3.48. The van der Waals surface area contributed by atoms with E-state index < -0.39 is 0 Å². The van der Waals surface area contributed by atoms with E-state index in [4.69, 9.17) is 0 Å². The van der Waals surface area contributed by atoms with Crippen LogP contribution < -0.4 is 5.32 Å². The maximum Gasteiger partial charge on any atom is 0.000781 e. The van der Waals surface area contributed by atoms with Gasteiger partial charge in [0.2, 0.25) is 0 Å². The van der Waals surface area contributed by atoms with Gasteiger partial charge in [0, 0.05) is 6.54 Å². The molecule has 13 heavy (non-hydrogen) atoms. The van der Waals surface area contributed by atoms with Gasteiger partial charge in [0.1, 0.15) is 0 Å². The Kier molecular flexibility index (Phi) is 4.32. The minimum absolute atomic E-state index is 0.790. The highest BCUT2D eigenvalue weighted by molar-refractivity contribution is 4.91. The van der Waals surface area contributed by atoms with Gasteiger partial charge in [-0.15, -0.1) is 11.8 Å². The van der Waals surface area contributed by atoms with Crippen LogP contribution in [0.5, 0.6) is 0 Å². The van der Waals surface area contributed by atoms with Gasteiger partial charge in [0.25, 0.3) is 0 Å². The summed E-state index contributed by atoms with van der Waals surface area (Å²) in [4.78, 5) is 0. The molecule has 2 fully saturated rings. The van der Waals surface area contributed by atoms with Crippen molar-refractivity contribution in [1.82, 2.24) is 5.32 Å². The molecule has 1 aliphatic heterocycles. The van der Waals surface area contributed by atoms with Crippen molar-refractivity contribution in [1.29, 1.82) is 0 Å². The first-order chi connectivity index (χ1) is 6.33. The van der Waals surface area contributed by atoms with Crippen molar-refractivity contribution in [2.75, 3.05) is 13.1 Å². The summed E-state index contributed by atoms with van der Waals surface area (Å²) in [6.07, 6.45) is 7.40. The van der Waals surface area contributed by atoms with Crippen LogP contribution in [0, 0.1) is 17.3 Å². The van der Waals surface area contributed by atoms with Crippen LogP contribution in [0.1, 0.15) is 46.0 Å². The molecular formula is C12H21N. The lowest BCUT2D eigenvalue weighted by Gasteiger charge is -2.45. The second-order valence-corrected chi connectivity index (χ2v) is 4.13. The number of piperidine rings is 1. The monoisotopic (exact) mass is 179 g/mol. The number of nitrogens with one attached hydrogen (secondary N) is 1. The largest absolute Gasteiger partial charge is 0.316 e. The summed E-state index contributed by atoms with van der Waals surface area (Å²) in [5.41, 5.74) is 0.790. The van der Waals surface area contributed by atoms with Crippen molar-refractivity contribution in [3.8, 4) is 11.8 Å². The predicted molar refractivity (Wildman–Crippen MR) is 57.5 cm³/mol. The molecule has 0 aromatic rings. The van der Waals surface area contributed by atoms with E-state index in [1.165, 1.54) is 45.2 Å². The fraction of sp³-hybridized carbons (Fsp3) is 0.833. The van der Waals surface area contributed by atoms with Crippen molar-refractivity contribution in [2.24, 2.45) is 5.41 Å². The second-order valence-electron chi connectivity index (χ2n) is 4.13. The molecule has 0 aromatic heterocycles. The Morgan fingerprint density at radius 3 is 1.85 bits per heavy atom. The molecule has 1 heteroatoms. The highest BCUT2D eigenvalue weighted by atomic mass is 14.9. The first kappa shape index (κ1) is 10.6. The third kappa shape index (κ3) is 3.04. The third-order valence-electron chi connectivity index (χ3n) is 3.22. The summed E-state index contributed by atoms with van der Waals surface area (Å²) >= 11 is 0. The zero-order valence-corrected chi connectivity index (χ0v) is 8.95. The van der Waals surface area contributed by atoms with E-state index >= 15 is 0 Å². The van der Waals surface area contributed by atoms with Crippen molar-refractivity contribution in [3.63, 3.8) is 0 Å². The molecule has 2 aliphatic rings. The molecule has 1 saturated heterocycles. The molecule has 0 amide bonds. The molecule has 1 N–H and O–H groups in total. The highest BCUT2D eigenvalue weighted by Crippen LogP contribution is 2.45. The molecule has 1 spiro atoms. The van der Waals surface area contributed by atoms with Gasteiger partial charge in [0.15, 0.2) is 0 Å². The summed E-state index contributed by atoms with van der Waals surface area (Å²) < 4.78 is 0. The standard InChI is InChI=1S/C8H15N.C4H6/c1-3-8(4-1)5-2-6-9-7-8;1-3-4-2/h9H,1-7H2;1-2H3. The zero-order chi connectivity index (χ0) is 9.57. The van der Waals surface area contributed by atoms with Gasteiger partial charge < -0.3 is 5.32 Å². The lowest BCUT2D eigenvalue weighted by atomic mass is 9.65. The van der Waals surface area contributed by atoms with Crippen LogP contribution in [0.2, 0.25) is 0 Å². The number of rotatable bonds is 0. The van der Waals surface area contributed by atoms with Gasteiger partial charge in [-0.1, -0.05) is 6.42 Å². The predicted octanol–water partition coefficient (Wildman–Crippen LogP) is 2.57. The van der Waals surface area contributed by atoms with Crippen LogP contribution in [0.25, 0.3) is 0 Å². The van der Waals surface area contributed by atoms with Crippen LogP contribution in [0.3, 0.4) is 0 Å². The van der Waals surface area contributed by atoms with E-state index in [-0.39, 0.29) is 0 Å². The first-order valence-corrected chi connectivity index (χ1v) is 5.37. The molecule has 1 aliphatic carbocycles. The number of hydrogen-bond acceptors (Lipinski definition) is 1. The summed E-state index contributed by atoms with van der Waals surface area (Å²) in [6.45, 7) is 6.22. The average molecular weight is 179 g/mol. The Bertz CT molecular complexity index is 179. The summed E-state index contributed by atoms with van der Waals surface area (Å²) in [7, 11) is 0. The van der Waals surface area contributed by atoms with Gasteiger partial charge in [-0.2, -0.15) is 0 Å². The minimum atomic E-state index is 0.790. The minimum Gasteiger partial charge on any atom is -0.316 e. The summed E-state index contributed by atoms with van der Waals surface area (Å²) in [6, 6.07) is 0. The maximum absolute atomic E-state index is 3.48. The molecule has 2 rings (SSSR count).